The molecule has 124 valence electrons. The molecule has 0 saturated carbocycles. The van der Waals surface area contributed by atoms with E-state index in [9.17, 15) is 9.18 Å². The Morgan fingerprint density at radius 1 is 1.12 bits per heavy atom. The molecule has 0 atom stereocenters. The number of hydrogen-bond acceptors (Lipinski definition) is 3. The molecule has 0 aliphatic heterocycles. The molecular weight excluding hydrogens is 319 g/mol. The summed E-state index contributed by atoms with van der Waals surface area (Å²) in [6.45, 7) is 0.406. The second kappa shape index (κ2) is 7.93. The Hall–Kier alpha value is -3.39. The highest BCUT2D eigenvalue weighted by molar-refractivity contribution is 5.94. The van der Waals surface area contributed by atoms with Crippen molar-refractivity contribution in [1.82, 2.24) is 10.3 Å². The summed E-state index contributed by atoms with van der Waals surface area (Å²) in [7, 11) is 0. The van der Waals surface area contributed by atoms with E-state index in [4.69, 9.17) is 4.74 Å². The minimum Gasteiger partial charge on any atom is -0.481 e. The van der Waals surface area contributed by atoms with Gasteiger partial charge in [0.25, 0.3) is 5.91 Å². The first-order chi connectivity index (χ1) is 12.2. The highest BCUT2D eigenvalue weighted by Crippen LogP contribution is 2.18. The molecule has 3 rings (SSSR count). The van der Waals surface area contributed by atoms with E-state index < -0.39 is 0 Å². The summed E-state index contributed by atoms with van der Waals surface area (Å²) in [4.78, 5) is 16.1. The van der Waals surface area contributed by atoms with Crippen molar-refractivity contribution >= 4 is 16.8 Å². The zero-order valence-electron chi connectivity index (χ0n) is 13.3. The number of pyridine rings is 1. The van der Waals surface area contributed by atoms with E-state index in [1.54, 1.807) is 6.20 Å². The molecular formula is C20H15FN2O2. The number of fused-ring (bicyclic) bond motifs is 1. The quantitative estimate of drug-likeness (QED) is 0.746. The molecule has 0 spiro atoms. The fraction of sp³-hybridized carbons (Fsp3) is 0.100. The van der Waals surface area contributed by atoms with E-state index in [0.29, 0.717) is 11.3 Å². The van der Waals surface area contributed by atoms with Gasteiger partial charge in [0, 0.05) is 23.2 Å². The number of nitrogens with one attached hydrogen (secondary N) is 1. The molecule has 1 amide bonds. The Balaban J connectivity index is 1.46. The molecule has 0 fully saturated rings. The van der Waals surface area contributed by atoms with Crippen LogP contribution in [0.2, 0.25) is 0 Å². The van der Waals surface area contributed by atoms with Crippen LogP contribution in [0.5, 0.6) is 5.75 Å². The summed E-state index contributed by atoms with van der Waals surface area (Å²) in [5, 5.41) is 3.69. The van der Waals surface area contributed by atoms with Crippen LogP contribution < -0.4 is 10.1 Å². The zero-order valence-corrected chi connectivity index (χ0v) is 13.3. The first-order valence-electron chi connectivity index (χ1n) is 7.69. The summed E-state index contributed by atoms with van der Waals surface area (Å²) >= 11 is 0. The van der Waals surface area contributed by atoms with Crippen molar-refractivity contribution in [2.75, 3.05) is 13.2 Å². The lowest BCUT2D eigenvalue weighted by Gasteiger charge is -2.03. The number of rotatable bonds is 4. The molecule has 5 heteroatoms. The Labute approximate surface area is 144 Å². The third kappa shape index (κ3) is 4.55. The molecule has 0 aliphatic carbocycles. The lowest BCUT2D eigenvalue weighted by atomic mass is 10.2. The van der Waals surface area contributed by atoms with Crippen molar-refractivity contribution < 1.29 is 13.9 Å². The van der Waals surface area contributed by atoms with Gasteiger partial charge in [-0.2, -0.15) is 0 Å². The van der Waals surface area contributed by atoms with Gasteiger partial charge in [-0.25, -0.2) is 4.39 Å². The molecule has 4 nitrogen and oxygen atoms in total. The van der Waals surface area contributed by atoms with Crippen molar-refractivity contribution in [2.24, 2.45) is 0 Å². The van der Waals surface area contributed by atoms with Crippen LogP contribution in [0.25, 0.3) is 10.9 Å². The van der Waals surface area contributed by atoms with Gasteiger partial charge in [0.05, 0.1) is 12.1 Å². The van der Waals surface area contributed by atoms with Crippen LogP contribution in [0.4, 0.5) is 4.39 Å². The standard InChI is InChI=1S/C20H15FN2O2/c21-17-8-5-16(6-9-17)20(24)23-11-1-2-13-25-18-10-7-15-4-3-12-22-19(15)14-18/h3-10,12,14H,11,13H2,(H,23,24). The number of aromatic nitrogens is 1. The van der Waals surface area contributed by atoms with Gasteiger partial charge in [-0.05, 0) is 42.5 Å². The molecule has 1 aromatic heterocycles. The van der Waals surface area contributed by atoms with Crippen molar-refractivity contribution in [2.45, 2.75) is 0 Å². The predicted octanol–water partition coefficient (Wildman–Crippen LogP) is 3.19. The average Bonchev–Trinajstić information content (AvgIpc) is 2.65. The zero-order chi connectivity index (χ0) is 17.5. The maximum absolute atomic E-state index is 12.8. The van der Waals surface area contributed by atoms with E-state index in [1.165, 1.54) is 24.3 Å². The number of nitrogens with zero attached hydrogens (tertiary/aromatic N) is 1. The maximum Gasteiger partial charge on any atom is 0.252 e. The number of carbonyl (C=O) groups is 1. The van der Waals surface area contributed by atoms with E-state index in [-0.39, 0.29) is 24.9 Å². The Bertz CT molecular complexity index is 943. The van der Waals surface area contributed by atoms with Crippen molar-refractivity contribution in [3.63, 3.8) is 0 Å². The van der Waals surface area contributed by atoms with Crippen LogP contribution in [0, 0.1) is 17.7 Å². The van der Waals surface area contributed by atoms with Crippen LogP contribution in [-0.2, 0) is 0 Å². The topological polar surface area (TPSA) is 51.2 Å². The largest absolute Gasteiger partial charge is 0.481 e. The molecule has 0 saturated heterocycles. The number of halogens is 1. The molecule has 1 N–H and O–H groups in total. The van der Waals surface area contributed by atoms with Gasteiger partial charge in [0.2, 0.25) is 0 Å². The van der Waals surface area contributed by atoms with Crippen LogP contribution in [-0.4, -0.2) is 24.0 Å². The monoisotopic (exact) mass is 334 g/mol. The van der Waals surface area contributed by atoms with Gasteiger partial charge in [0.1, 0.15) is 18.2 Å². The third-order valence-corrected chi connectivity index (χ3v) is 3.46. The number of hydrogen-bond donors (Lipinski definition) is 1. The van der Waals surface area contributed by atoms with Crippen LogP contribution in [0.3, 0.4) is 0 Å². The first-order valence-corrected chi connectivity index (χ1v) is 7.69. The van der Waals surface area contributed by atoms with Crippen LogP contribution >= 0.6 is 0 Å². The summed E-state index contributed by atoms with van der Waals surface area (Å²) in [5.41, 5.74) is 1.25. The van der Waals surface area contributed by atoms with E-state index >= 15 is 0 Å². The SMILES string of the molecule is O=C(NCC#CCOc1ccc2cccnc2c1)c1ccc(F)cc1. The molecule has 0 unspecified atom stereocenters. The highest BCUT2D eigenvalue weighted by atomic mass is 19.1. The lowest BCUT2D eigenvalue weighted by molar-refractivity contribution is 0.0958. The van der Waals surface area contributed by atoms with Crippen molar-refractivity contribution in [1.29, 1.82) is 0 Å². The lowest BCUT2D eigenvalue weighted by Crippen LogP contribution is -2.23. The molecule has 0 radical (unpaired) electrons. The summed E-state index contributed by atoms with van der Waals surface area (Å²) in [5.74, 6) is 5.66. The van der Waals surface area contributed by atoms with Crippen LogP contribution in [0.15, 0.2) is 60.8 Å². The molecule has 1 heterocycles. The summed E-state index contributed by atoms with van der Waals surface area (Å²) in [6, 6.07) is 14.9. The number of benzene rings is 2. The van der Waals surface area contributed by atoms with Gasteiger partial charge >= 0.3 is 0 Å². The third-order valence-electron chi connectivity index (χ3n) is 3.46. The highest BCUT2D eigenvalue weighted by Gasteiger charge is 2.03. The number of carbonyl (C=O) groups excluding carboxylic acids is 1. The van der Waals surface area contributed by atoms with Gasteiger partial charge < -0.3 is 10.1 Å². The smallest absolute Gasteiger partial charge is 0.252 e. The van der Waals surface area contributed by atoms with Gasteiger partial charge in [0.15, 0.2) is 0 Å². The fourth-order valence-corrected chi connectivity index (χ4v) is 2.20. The Morgan fingerprint density at radius 2 is 1.96 bits per heavy atom. The first kappa shape index (κ1) is 16.5. The van der Waals surface area contributed by atoms with E-state index in [2.05, 4.69) is 22.1 Å². The molecule has 2 aromatic carbocycles. The van der Waals surface area contributed by atoms with Crippen molar-refractivity contribution in [3.8, 4) is 17.6 Å². The number of amides is 1. The fourth-order valence-electron chi connectivity index (χ4n) is 2.20. The minimum absolute atomic E-state index is 0.193. The molecule has 25 heavy (non-hydrogen) atoms. The van der Waals surface area contributed by atoms with Crippen LogP contribution in [0.1, 0.15) is 10.4 Å². The predicted molar refractivity (Wildman–Crippen MR) is 93.7 cm³/mol. The summed E-state index contributed by atoms with van der Waals surface area (Å²) in [6.07, 6.45) is 1.73. The molecule has 0 aliphatic rings. The minimum atomic E-state index is -0.377. The normalized spacial score (nSPS) is 9.96. The summed E-state index contributed by atoms with van der Waals surface area (Å²) < 4.78 is 18.3. The Morgan fingerprint density at radius 3 is 2.80 bits per heavy atom. The molecule has 3 aromatic rings. The van der Waals surface area contributed by atoms with Gasteiger partial charge in [-0.15, -0.1) is 0 Å². The van der Waals surface area contributed by atoms with E-state index in [0.717, 1.165) is 10.9 Å². The molecule has 0 bridgehead atoms. The average molecular weight is 334 g/mol. The maximum atomic E-state index is 12.8. The second-order valence-corrected chi connectivity index (χ2v) is 5.19. The van der Waals surface area contributed by atoms with Crippen molar-refractivity contribution in [3.05, 3.63) is 72.2 Å². The van der Waals surface area contributed by atoms with E-state index in [1.807, 2.05) is 30.3 Å². The van der Waals surface area contributed by atoms with Gasteiger partial charge in [-0.3, -0.25) is 9.78 Å². The number of ether oxygens (including phenoxy) is 1. The second-order valence-electron chi connectivity index (χ2n) is 5.19. The van der Waals surface area contributed by atoms with Gasteiger partial charge in [-0.1, -0.05) is 17.9 Å². The Kier molecular flexibility index (Phi) is 5.22.